The SMILES string of the molecule is Cn1c(C(=O)NNC(=O)COCC(=O)Nc2cccc(Cl)c2Cl)cc2ccccc21. The molecule has 0 aliphatic carbocycles. The second-order valence-corrected chi connectivity index (χ2v) is 7.08. The van der Waals surface area contributed by atoms with Crippen molar-refractivity contribution in [2.75, 3.05) is 18.5 Å². The number of rotatable bonds is 6. The number of amides is 3. The van der Waals surface area contributed by atoms with Crippen molar-refractivity contribution in [1.82, 2.24) is 15.4 Å². The van der Waals surface area contributed by atoms with E-state index in [1.54, 1.807) is 35.9 Å². The molecule has 30 heavy (non-hydrogen) atoms. The number of fused-ring (bicyclic) bond motifs is 1. The zero-order chi connectivity index (χ0) is 21.7. The van der Waals surface area contributed by atoms with E-state index in [9.17, 15) is 14.4 Å². The van der Waals surface area contributed by atoms with Gasteiger partial charge in [-0.05, 0) is 24.3 Å². The number of para-hydroxylation sites is 1. The molecule has 3 amide bonds. The van der Waals surface area contributed by atoms with Gasteiger partial charge in [0.15, 0.2) is 0 Å². The van der Waals surface area contributed by atoms with Crippen LogP contribution in [0.5, 0.6) is 0 Å². The first-order valence-corrected chi connectivity index (χ1v) is 9.57. The molecule has 0 atom stereocenters. The van der Waals surface area contributed by atoms with Crippen molar-refractivity contribution >= 4 is 57.5 Å². The Morgan fingerprint density at radius 3 is 2.47 bits per heavy atom. The predicted octanol–water partition coefficient (Wildman–Crippen LogP) is 2.90. The summed E-state index contributed by atoms with van der Waals surface area (Å²) < 4.78 is 6.77. The quantitative estimate of drug-likeness (QED) is 0.504. The maximum absolute atomic E-state index is 12.3. The molecule has 3 aromatic rings. The van der Waals surface area contributed by atoms with Crippen molar-refractivity contribution in [2.45, 2.75) is 0 Å². The van der Waals surface area contributed by atoms with Crippen molar-refractivity contribution in [3.05, 3.63) is 64.3 Å². The van der Waals surface area contributed by atoms with Crippen molar-refractivity contribution in [3.8, 4) is 0 Å². The number of halogens is 2. The number of nitrogens with zero attached hydrogens (tertiary/aromatic N) is 1. The maximum Gasteiger partial charge on any atom is 0.286 e. The third kappa shape index (κ3) is 5.10. The number of benzene rings is 2. The first-order chi connectivity index (χ1) is 14.4. The molecule has 1 aromatic heterocycles. The Hall–Kier alpha value is -3.07. The largest absolute Gasteiger partial charge is 0.362 e. The van der Waals surface area contributed by atoms with Crippen LogP contribution < -0.4 is 16.2 Å². The molecule has 0 radical (unpaired) electrons. The number of aryl methyl sites for hydroxylation is 1. The Morgan fingerprint density at radius 1 is 0.967 bits per heavy atom. The van der Waals surface area contributed by atoms with Crippen LogP contribution in [0.3, 0.4) is 0 Å². The summed E-state index contributed by atoms with van der Waals surface area (Å²) in [5.74, 6) is -1.60. The number of carbonyl (C=O) groups excluding carboxylic acids is 3. The van der Waals surface area contributed by atoms with E-state index >= 15 is 0 Å². The first kappa shape index (κ1) is 21.6. The van der Waals surface area contributed by atoms with Crippen LogP contribution in [0.4, 0.5) is 5.69 Å². The molecule has 0 bridgehead atoms. The van der Waals surface area contributed by atoms with E-state index in [4.69, 9.17) is 27.9 Å². The molecule has 3 rings (SSSR count). The van der Waals surface area contributed by atoms with E-state index in [-0.39, 0.29) is 11.6 Å². The summed E-state index contributed by atoms with van der Waals surface area (Å²) in [6, 6.07) is 14.1. The van der Waals surface area contributed by atoms with Crippen LogP contribution in [-0.2, 0) is 21.4 Å². The van der Waals surface area contributed by atoms with Crippen molar-refractivity contribution in [3.63, 3.8) is 0 Å². The van der Waals surface area contributed by atoms with Gasteiger partial charge in [-0.1, -0.05) is 47.5 Å². The van der Waals surface area contributed by atoms with Gasteiger partial charge in [-0.15, -0.1) is 0 Å². The fraction of sp³-hybridized carbons (Fsp3) is 0.150. The number of hydrogen-bond acceptors (Lipinski definition) is 4. The van der Waals surface area contributed by atoms with Gasteiger partial charge in [-0.25, -0.2) is 0 Å². The molecule has 0 unspecified atom stereocenters. The van der Waals surface area contributed by atoms with E-state index in [2.05, 4.69) is 16.2 Å². The lowest BCUT2D eigenvalue weighted by molar-refractivity contribution is -0.129. The summed E-state index contributed by atoms with van der Waals surface area (Å²) in [7, 11) is 1.76. The van der Waals surface area contributed by atoms with Crippen LogP contribution in [0.15, 0.2) is 48.5 Å². The van der Waals surface area contributed by atoms with Gasteiger partial charge in [0, 0.05) is 18.0 Å². The highest BCUT2D eigenvalue weighted by Crippen LogP contribution is 2.29. The minimum Gasteiger partial charge on any atom is -0.362 e. The molecule has 0 aliphatic rings. The minimum atomic E-state index is -0.615. The summed E-state index contributed by atoms with van der Waals surface area (Å²) in [5.41, 5.74) is 6.18. The molecule has 0 aliphatic heterocycles. The Bertz CT molecular complexity index is 1110. The van der Waals surface area contributed by atoms with Crippen molar-refractivity contribution in [1.29, 1.82) is 0 Å². The van der Waals surface area contributed by atoms with E-state index in [1.807, 2.05) is 24.3 Å². The van der Waals surface area contributed by atoms with Crippen LogP contribution in [0.2, 0.25) is 10.0 Å². The predicted molar refractivity (Wildman–Crippen MR) is 114 cm³/mol. The highest BCUT2D eigenvalue weighted by Gasteiger charge is 2.14. The van der Waals surface area contributed by atoms with Crippen LogP contribution in [0, 0.1) is 0 Å². The number of ether oxygens (including phenoxy) is 1. The first-order valence-electron chi connectivity index (χ1n) is 8.82. The topological polar surface area (TPSA) is 101 Å². The lowest BCUT2D eigenvalue weighted by atomic mass is 10.2. The van der Waals surface area contributed by atoms with Gasteiger partial charge >= 0.3 is 0 Å². The zero-order valence-electron chi connectivity index (χ0n) is 15.9. The molecule has 0 fully saturated rings. The second kappa shape index (κ2) is 9.62. The molecule has 10 heteroatoms. The summed E-state index contributed by atoms with van der Waals surface area (Å²) in [6.07, 6.45) is 0. The van der Waals surface area contributed by atoms with E-state index < -0.39 is 24.3 Å². The summed E-state index contributed by atoms with van der Waals surface area (Å²) >= 11 is 11.9. The molecule has 0 saturated carbocycles. The number of nitrogens with one attached hydrogen (secondary N) is 3. The van der Waals surface area contributed by atoms with Gasteiger partial charge in [0.2, 0.25) is 5.91 Å². The van der Waals surface area contributed by atoms with Crippen LogP contribution >= 0.6 is 23.2 Å². The van der Waals surface area contributed by atoms with E-state index in [1.165, 1.54) is 0 Å². The molecule has 1 heterocycles. The summed E-state index contributed by atoms with van der Waals surface area (Å²) in [6.45, 7) is -0.806. The lowest BCUT2D eigenvalue weighted by Gasteiger charge is -2.10. The standard InChI is InChI=1S/C20H18Cl2N4O4/c1-26-15-8-3-2-5-12(15)9-16(26)20(29)25-24-18(28)11-30-10-17(27)23-14-7-4-6-13(21)19(14)22/h2-9H,10-11H2,1H3,(H,23,27)(H,24,28)(H,25,29). The third-order valence-corrected chi connectivity index (χ3v) is 5.01. The average Bonchev–Trinajstić information content (AvgIpc) is 3.06. The molecule has 2 aromatic carbocycles. The molecule has 0 spiro atoms. The highest BCUT2D eigenvalue weighted by molar-refractivity contribution is 6.44. The lowest BCUT2D eigenvalue weighted by Crippen LogP contribution is -2.44. The Morgan fingerprint density at radius 2 is 1.70 bits per heavy atom. The third-order valence-electron chi connectivity index (χ3n) is 4.19. The monoisotopic (exact) mass is 448 g/mol. The van der Waals surface area contributed by atoms with Gasteiger partial charge in [-0.3, -0.25) is 25.2 Å². The maximum atomic E-state index is 12.3. The average molecular weight is 449 g/mol. The number of aromatic nitrogens is 1. The molecular weight excluding hydrogens is 431 g/mol. The Labute approximate surface area is 182 Å². The molecular formula is C20H18Cl2N4O4. The van der Waals surface area contributed by atoms with Gasteiger partial charge < -0.3 is 14.6 Å². The fourth-order valence-corrected chi connectivity index (χ4v) is 3.10. The molecule has 0 saturated heterocycles. The van der Waals surface area contributed by atoms with Gasteiger partial charge in [0.05, 0.1) is 15.7 Å². The summed E-state index contributed by atoms with van der Waals surface area (Å²) in [5, 5.41) is 3.95. The molecule has 156 valence electrons. The Kier molecular flexibility index (Phi) is 6.94. The van der Waals surface area contributed by atoms with E-state index in [0.29, 0.717) is 16.4 Å². The normalized spacial score (nSPS) is 10.6. The van der Waals surface area contributed by atoms with Crippen LogP contribution in [0.1, 0.15) is 10.5 Å². The zero-order valence-corrected chi connectivity index (χ0v) is 17.4. The van der Waals surface area contributed by atoms with Gasteiger partial charge in [0.25, 0.3) is 11.8 Å². The number of anilines is 1. The summed E-state index contributed by atoms with van der Waals surface area (Å²) in [4.78, 5) is 36.0. The van der Waals surface area contributed by atoms with E-state index in [0.717, 1.165) is 10.9 Å². The van der Waals surface area contributed by atoms with Crippen molar-refractivity contribution in [2.24, 2.45) is 7.05 Å². The highest BCUT2D eigenvalue weighted by atomic mass is 35.5. The van der Waals surface area contributed by atoms with Crippen molar-refractivity contribution < 1.29 is 19.1 Å². The Balaban J connectivity index is 1.43. The van der Waals surface area contributed by atoms with Gasteiger partial charge in [0.1, 0.15) is 18.9 Å². The minimum absolute atomic E-state index is 0.210. The van der Waals surface area contributed by atoms with Crippen LogP contribution in [-0.4, -0.2) is 35.5 Å². The van der Waals surface area contributed by atoms with Crippen LogP contribution in [0.25, 0.3) is 10.9 Å². The number of carbonyl (C=O) groups is 3. The molecule has 3 N–H and O–H groups in total. The number of hydrogen-bond donors (Lipinski definition) is 3. The van der Waals surface area contributed by atoms with Gasteiger partial charge in [-0.2, -0.15) is 0 Å². The second-order valence-electron chi connectivity index (χ2n) is 6.29. The molecule has 8 nitrogen and oxygen atoms in total. The smallest absolute Gasteiger partial charge is 0.286 e. The number of hydrazine groups is 1. The fourth-order valence-electron chi connectivity index (χ4n) is 2.76.